The van der Waals surface area contributed by atoms with E-state index >= 15 is 0 Å². The molecule has 92 valence electrons. The van der Waals surface area contributed by atoms with E-state index < -0.39 is 0 Å². The van der Waals surface area contributed by atoms with Gasteiger partial charge in [-0.1, -0.05) is 6.07 Å². The Kier molecular flexibility index (Phi) is 2.65. The maximum Gasteiger partial charge on any atom is 0.184 e. The van der Waals surface area contributed by atoms with Crippen molar-refractivity contribution in [2.45, 2.75) is 6.92 Å². The number of rotatable bonds is 1. The fraction of sp³-hybridized carbons (Fsp3) is 0.0714. The van der Waals surface area contributed by atoms with Crippen LogP contribution < -0.4 is 0 Å². The Balaban J connectivity index is 2.37. The Morgan fingerprint density at radius 2 is 2.21 bits per heavy atom. The Hall–Kier alpha value is -2.45. The highest BCUT2D eigenvalue weighted by Crippen LogP contribution is 2.20. The quantitative estimate of drug-likeness (QED) is 0.688. The van der Waals surface area contributed by atoms with Gasteiger partial charge >= 0.3 is 0 Å². The average molecular weight is 266 g/mol. The molecule has 3 aromatic rings. The normalized spacial score (nSPS) is 10.5. The van der Waals surface area contributed by atoms with Crippen LogP contribution in [0.5, 0.6) is 0 Å². The molecule has 0 unspecified atom stereocenters. The van der Waals surface area contributed by atoms with Crippen molar-refractivity contribution in [1.29, 1.82) is 5.26 Å². The molecule has 1 aromatic carbocycles. The number of hydrogen-bond donors (Lipinski definition) is 1. The first-order valence-electron chi connectivity index (χ1n) is 5.77. The summed E-state index contributed by atoms with van der Waals surface area (Å²) in [5.41, 5.74) is 4.23. The number of imidazole rings is 1. The van der Waals surface area contributed by atoms with E-state index in [1.165, 1.54) is 0 Å². The Bertz CT molecular complexity index is 867. The molecule has 0 aliphatic carbocycles. The number of nitrogens with one attached hydrogen (secondary N) is 1. The second-order valence-corrected chi connectivity index (χ2v) is 4.64. The van der Waals surface area contributed by atoms with E-state index in [0.29, 0.717) is 10.3 Å². The summed E-state index contributed by atoms with van der Waals surface area (Å²) < 4.78 is 2.42. The smallest absolute Gasteiger partial charge is 0.184 e. The van der Waals surface area contributed by atoms with Crippen LogP contribution in [0.4, 0.5) is 0 Å². The molecule has 1 N–H and O–H groups in total. The molecule has 2 aromatic heterocycles. The third kappa shape index (κ3) is 1.83. The highest BCUT2D eigenvalue weighted by Gasteiger charge is 2.09. The minimum atomic E-state index is 0.576. The largest absolute Gasteiger partial charge is 0.329 e. The van der Waals surface area contributed by atoms with Gasteiger partial charge in [-0.15, -0.1) is 0 Å². The van der Waals surface area contributed by atoms with Crippen LogP contribution in [-0.2, 0) is 0 Å². The van der Waals surface area contributed by atoms with Crippen molar-refractivity contribution in [2.75, 3.05) is 0 Å². The van der Waals surface area contributed by atoms with Gasteiger partial charge in [0.1, 0.15) is 0 Å². The first-order valence-corrected chi connectivity index (χ1v) is 6.18. The highest BCUT2D eigenvalue weighted by atomic mass is 32.1. The molecule has 0 atom stereocenters. The summed E-state index contributed by atoms with van der Waals surface area (Å²) >= 11 is 5.36. The van der Waals surface area contributed by atoms with E-state index in [-0.39, 0.29) is 0 Å². The minimum Gasteiger partial charge on any atom is -0.329 e. The van der Waals surface area contributed by atoms with Crippen LogP contribution >= 0.6 is 12.2 Å². The van der Waals surface area contributed by atoms with Gasteiger partial charge in [-0.2, -0.15) is 5.26 Å². The van der Waals surface area contributed by atoms with Crippen LogP contribution in [0.3, 0.4) is 0 Å². The monoisotopic (exact) mass is 266 g/mol. The number of benzene rings is 1. The van der Waals surface area contributed by atoms with Crippen molar-refractivity contribution in [2.24, 2.45) is 0 Å². The van der Waals surface area contributed by atoms with E-state index in [9.17, 15) is 0 Å². The zero-order chi connectivity index (χ0) is 13.4. The lowest BCUT2D eigenvalue weighted by Gasteiger charge is -2.04. The lowest BCUT2D eigenvalue weighted by atomic mass is 10.2. The van der Waals surface area contributed by atoms with Crippen LogP contribution in [0.15, 0.2) is 36.5 Å². The number of hydrogen-bond acceptors (Lipinski definition) is 3. The van der Waals surface area contributed by atoms with Crippen LogP contribution in [-0.4, -0.2) is 14.5 Å². The third-order valence-corrected chi connectivity index (χ3v) is 3.30. The molecule has 0 bridgehead atoms. The molecule has 19 heavy (non-hydrogen) atoms. The van der Waals surface area contributed by atoms with Crippen molar-refractivity contribution in [3.8, 4) is 11.8 Å². The Labute approximate surface area is 115 Å². The molecule has 0 fully saturated rings. The highest BCUT2D eigenvalue weighted by molar-refractivity contribution is 7.71. The molecule has 3 rings (SSSR count). The molecule has 4 nitrogen and oxygen atoms in total. The van der Waals surface area contributed by atoms with Gasteiger partial charge < -0.3 is 4.98 Å². The fourth-order valence-corrected chi connectivity index (χ4v) is 2.37. The molecule has 0 amide bonds. The molecule has 0 spiro atoms. The summed E-state index contributed by atoms with van der Waals surface area (Å²) in [6.07, 6.45) is 1.75. The van der Waals surface area contributed by atoms with E-state index in [4.69, 9.17) is 17.5 Å². The lowest BCUT2D eigenvalue weighted by molar-refractivity contribution is 1.04. The van der Waals surface area contributed by atoms with Crippen molar-refractivity contribution in [3.63, 3.8) is 0 Å². The van der Waals surface area contributed by atoms with Crippen molar-refractivity contribution in [3.05, 3.63) is 52.4 Å². The van der Waals surface area contributed by atoms with Gasteiger partial charge in [-0.3, -0.25) is 4.57 Å². The zero-order valence-corrected chi connectivity index (χ0v) is 11.0. The van der Waals surface area contributed by atoms with Crippen LogP contribution in [0, 0.1) is 23.0 Å². The molecular weight excluding hydrogens is 256 g/mol. The average Bonchev–Trinajstić information content (AvgIpc) is 2.77. The lowest BCUT2D eigenvalue weighted by Crippen LogP contribution is -1.96. The molecule has 0 aliphatic rings. The molecular formula is C14H10N4S. The second-order valence-electron chi connectivity index (χ2n) is 4.25. The predicted molar refractivity (Wildman–Crippen MR) is 75.7 cm³/mol. The summed E-state index contributed by atoms with van der Waals surface area (Å²) in [6, 6.07) is 11.4. The number of aromatic amines is 1. The maximum atomic E-state index is 8.98. The van der Waals surface area contributed by atoms with E-state index in [1.807, 2.05) is 29.7 Å². The Morgan fingerprint density at radius 1 is 1.37 bits per heavy atom. The molecule has 0 aliphatic heterocycles. The van der Waals surface area contributed by atoms with E-state index in [1.54, 1.807) is 18.3 Å². The summed E-state index contributed by atoms with van der Waals surface area (Å²) in [4.78, 5) is 7.54. The number of aromatic nitrogens is 3. The van der Waals surface area contributed by atoms with Crippen molar-refractivity contribution in [1.82, 2.24) is 14.5 Å². The van der Waals surface area contributed by atoms with Gasteiger partial charge in [0.15, 0.2) is 10.4 Å². The minimum absolute atomic E-state index is 0.576. The molecule has 0 radical (unpaired) electrons. The van der Waals surface area contributed by atoms with Gasteiger partial charge in [-0.25, -0.2) is 4.98 Å². The van der Waals surface area contributed by atoms with Crippen LogP contribution in [0.2, 0.25) is 0 Å². The van der Waals surface area contributed by atoms with Crippen LogP contribution in [0.25, 0.3) is 16.9 Å². The van der Waals surface area contributed by atoms with E-state index in [0.717, 1.165) is 22.4 Å². The first-order chi connectivity index (χ1) is 9.20. The Morgan fingerprint density at radius 3 is 3.00 bits per heavy atom. The molecule has 0 saturated heterocycles. The SMILES string of the molecule is Cc1ccnc2c1[nH]c(=S)n2-c1cccc(C#N)c1. The standard InChI is InChI=1S/C14H10N4S/c1-9-5-6-16-13-12(9)17-14(19)18(13)11-4-2-3-10(7-11)8-15/h2-7H,1H3,(H,17,19). The number of pyridine rings is 1. The zero-order valence-electron chi connectivity index (χ0n) is 10.2. The van der Waals surface area contributed by atoms with Gasteiger partial charge in [-0.05, 0) is 49.0 Å². The number of H-pyrrole nitrogens is 1. The van der Waals surface area contributed by atoms with Crippen molar-refractivity contribution < 1.29 is 0 Å². The summed E-state index contributed by atoms with van der Waals surface area (Å²) in [7, 11) is 0. The van der Waals surface area contributed by atoms with Gasteiger partial charge in [0.2, 0.25) is 0 Å². The first kappa shape index (κ1) is 11.6. The summed E-state index contributed by atoms with van der Waals surface area (Å²) in [5.74, 6) is 0. The number of nitrogens with zero attached hydrogens (tertiary/aromatic N) is 3. The molecule has 0 saturated carbocycles. The van der Waals surface area contributed by atoms with Gasteiger partial charge in [0, 0.05) is 6.20 Å². The molecule has 5 heteroatoms. The fourth-order valence-electron chi connectivity index (χ4n) is 2.08. The number of fused-ring (bicyclic) bond motifs is 1. The number of aryl methyl sites for hydroxylation is 1. The molecule has 2 heterocycles. The second kappa shape index (κ2) is 4.34. The maximum absolute atomic E-state index is 8.98. The predicted octanol–water partition coefficient (Wildman–Crippen LogP) is 3.26. The van der Waals surface area contributed by atoms with Crippen LogP contribution in [0.1, 0.15) is 11.1 Å². The summed E-state index contributed by atoms with van der Waals surface area (Å²) in [5, 5.41) is 8.98. The topological polar surface area (TPSA) is 57.4 Å². The number of nitriles is 1. The van der Waals surface area contributed by atoms with Crippen molar-refractivity contribution >= 4 is 23.4 Å². The third-order valence-electron chi connectivity index (χ3n) is 3.02. The van der Waals surface area contributed by atoms with Gasteiger partial charge in [0.25, 0.3) is 0 Å². The summed E-state index contributed by atoms with van der Waals surface area (Å²) in [6.45, 7) is 2.01. The van der Waals surface area contributed by atoms with Gasteiger partial charge in [0.05, 0.1) is 22.8 Å². The van der Waals surface area contributed by atoms with E-state index in [2.05, 4.69) is 16.0 Å².